The van der Waals surface area contributed by atoms with Crippen molar-refractivity contribution in [1.82, 2.24) is 25.5 Å². The molecule has 0 unspecified atom stereocenters. The Hall–Kier alpha value is -5.18. The third-order valence-electron chi connectivity index (χ3n) is 12.7. The van der Waals surface area contributed by atoms with Crippen LogP contribution in [0.3, 0.4) is 0 Å². The van der Waals surface area contributed by atoms with Gasteiger partial charge in [0.1, 0.15) is 17.6 Å². The summed E-state index contributed by atoms with van der Waals surface area (Å²) >= 11 is 0. The van der Waals surface area contributed by atoms with Gasteiger partial charge in [-0.05, 0) is 101 Å². The summed E-state index contributed by atoms with van der Waals surface area (Å²) in [4.78, 5) is 64.5. The van der Waals surface area contributed by atoms with E-state index in [1.807, 2.05) is 18.2 Å². The van der Waals surface area contributed by atoms with Crippen molar-refractivity contribution in [2.75, 3.05) is 53.2 Å². The molecular weight excluding hydrogens is 745 g/mol. The van der Waals surface area contributed by atoms with Gasteiger partial charge in [-0.15, -0.1) is 0 Å². The number of rotatable bonds is 10. The molecule has 3 saturated heterocycles. The first-order valence-corrected chi connectivity index (χ1v) is 21.1. The SMILES string of the molecule is O=C1CC[C@@H](Nc2ccc(N3CCN([C@H]4CC[C@H](C(=O)NC5CCC(Nc6ncc(F)c(-c7cccc(N8CCCCC8=O)c7)n6)CC5)CC4)CC3)c(F)c2)C(=O)N1. The fourth-order valence-corrected chi connectivity index (χ4v) is 9.34. The number of carbonyl (C=O) groups is 4. The van der Waals surface area contributed by atoms with Gasteiger partial charge in [-0.2, -0.15) is 0 Å². The fraction of sp³-hybridized carbons (Fsp3) is 0.535. The molecule has 8 rings (SSSR count). The van der Waals surface area contributed by atoms with Crippen LogP contribution >= 0.6 is 0 Å². The van der Waals surface area contributed by atoms with Crippen molar-refractivity contribution in [2.45, 2.75) is 108 Å². The number of piperidine rings is 2. The number of imide groups is 1. The molecule has 5 aliphatic rings. The molecule has 5 fully saturated rings. The number of anilines is 4. The average molecular weight is 798 g/mol. The van der Waals surface area contributed by atoms with Gasteiger partial charge < -0.3 is 25.8 Å². The van der Waals surface area contributed by atoms with Crippen molar-refractivity contribution in [3.8, 4) is 11.3 Å². The maximum absolute atomic E-state index is 15.2. The Balaban J connectivity index is 0.754. The molecule has 4 amide bonds. The van der Waals surface area contributed by atoms with Crippen molar-refractivity contribution >= 4 is 46.6 Å². The molecular formula is C43H53F2N9O4. The van der Waals surface area contributed by atoms with Crippen LogP contribution in [-0.4, -0.2) is 95.4 Å². The smallest absolute Gasteiger partial charge is 0.249 e. The molecule has 1 aromatic heterocycles. The van der Waals surface area contributed by atoms with E-state index in [1.165, 1.54) is 12.3 Å². The number of aromatic nitrogens is 2. The number of amides is 4. The lowest BCUT2D eigenvalue weighted by atomic mass is 9.83. The lowest BCUT2D eigenvalue weighted by Gasteiger charge is -2.42. The fourth-order valence-electron chi connectivity index (χ4n) is 9.34. The van der Waals surface area contributed by atoms with Gasteiger partial charge in [-0.1, -0.05) is 12.1 Å². The molecule has 0 radical (unpaired) electrons. The van der Waals surface area contributed by atoms with E-state index < -0.39 is 11.9 Å². The summed E-state index contributed by atoms with van der Waals surface area (Å²) in [5.41, 5.74) is 2.60. The number of halogens is 2. The number of piperazine rings is 1. The quantitative estimate of drug-likeness (QED) is 0.197. The number of hydrogen-bond donors (Lipinski definition) is 4. The average Bonchev–Trinajstić information content (AvgIpc) is 3.24. The number of carbonyl (C=O) groups excluding carboxylic acids is 4. The zero-order valence-electron chi connectivity index (χ0n) is 32.9. The van der Waals surface area contributed by atoms with Crippen LogP contribution in [0.1, 0.15) is 83.5 Å². The Morgan fingerprint density at radius 1 is 0.776 bits per heavy atom. The molecule has 0 bridgehead atoms. The zero-order chi connectivity index (χ0) is 40.2. The summed E-state index contributed by atoms with van der Waals surface area (Å²) in [7, 11) is 0. The molecule has 3 aromatic rings. The first-order valence-electron chi connectivity index (χ1n) is 21.1. The van der Waals surface area contributed by atoms with E-state index in [4.69, 9.17) is 0 Å². The Bertz CT molecular complexity index is 1990. The molecule has 58 heavy (non-hydrogen) atoms. The van der Waals surface area contributed by atoms with Crippen LogP contribution in [0, 0.1) is 17.6 Å². The van der Waals surface area contributed by atoms with Crippen molar-refractivity contribution in [1.29, 1.82) is 0 Å². The van der Waals surface area contributed by atoms with Crippen LogP contribution < -0.4 is 31.1 Å². The van der Waals surface area contributed by atoms with Crippen LogP contribution in [0.5, 0.6) is 0 Å². The molecule has 4 heterocycles. The van der Waals surface area contributed by atoms with E-state index in [1.54, 1.807) is 23.1 Å². The Morgan fingerprint density at radius 2 is 1.55 bits per heavy atom. The van der Waals surface area contributed by atoms with Crippen molar-refractivity contribution in [3.63, 3.8) is 0 Å². The maximum Gasteiger partial charge on any atom is 0.249 e. The molecule has 2 saturated carbocycles. The van der Waals surface area contributed by atoms with Crippen LogP contribution in [0.25, 0.3) is 11.3 Å². The minimum Gasteiger partial charge on any atom is -0.374 e. The summed E-state index contributed by atoms with van der Waals surface area (Å²) in [6.45, 7) is 3.73. The molecule has 308 valence electrons. The summed E-state index contributed by atoms with van der Waals surface area (Å²) in [5.74, 6) is -0.936. The predicted octanol–water partition coefficient (Wildman–Crippen LogP) is 5.38. The number of benzene rings is 2. The topological polar surface area (TPSA) is 152 Å². The maximum atomic E-state index is 15.2. The second kappa shape index (κ2) is 17.8. The second-order valence-electron chi connectivity index (χ2n) is 16.5. The van der Waals surface area contributed by atoms with Crippen LogP contribution in [0.15, 0.2) is 48.7 Å². The highest BCUT2D eigenvalue weighted by molar-refractivity contribution is 6.01. The summed E-state index contributed by atoms with van der Waals surface area (Å²) in [6.07, 6.45) is 11.2. The molecule has 15 heteroatoms. The first-order chi connectivity index (χ1) is 28.2. The normalized spacial score (nSPS) is 25.9. The highest BCUT2D eigenvalue weighted by atomic mass is 19.1. The number of nitrogens with one attached hydrogen (secondary N) is 4. The monoisotopic (exact) mass is 797 g/mol. The predicted molar refractivity (Wildman–Crippen MR) is 217 cm³/mol. The number of nitrogens with zero attached hydrogens (tertiary/aromatic N) is 5. The largest absolute Gasteiger partial charge is 0.374 e. The molecule has 13 nitrogen and oxygen atoms in total. The van der Waals surface area contributed by atoms with Gasteiger partial charge in [0, 0.05) is 86.5 Å². The van der Waals surface area contributed by atoms with E-state index in [0.717, 1.165) is 83.0 Å². The van der Waals surface area contributed by atoms with E-state index in [2.05, 4.69) is 41.0 Å². The minimum absolute atomic E-state index is 0.00681. The summed E-state index contributed by atoms with van der Waals surface area (Å²) in [6, 6.07) is 12.3. The van der Waals surface area contributed by atoms with Gasteiger partial charge >= 0.3 is 0 Å². The number of hydrogen-bond acceptors (Lipinski definition) is 10. The van der Waals surface area contributed by atoms with Gasteiger partial charge in [0.25, 0.3) is 0 Å². The molecule has 1 atom stereocenters. The van der Waals surface area contributed by atoms with Gasteiger partial charge in [0.15, 0.2) is 5.82 Å². The first kappa shape index (κ1) is 39.6. The highest BCUT2D eigenvalue weighted by Gasteiger charge is 2.33. The van der Waals surface area contributed by atoms with Crippen LogP contribution in [-0.2, 0) is 19.2 Å². The van der Waals surface area contributed by atoms with Gasteiger partial charge in [0.2, 0.25) is 29.6 Å². The van der Waals surface area contributed by atoms with E-state index >= 15 is 4.39 Å². The lowest BCUT2D eigenvalue weighted by Crippen LogP contribution is -2.52. The minimum atomic E-state index is -0.562. The molecule has 0 spiro atoms. The van der Waals surface area contributed by atoms with E-state index in [-0.39, 0.29) is 59.6 Å². The summed E-state index contributed by atoms with van der Waals surface area (Å²) < 4.78 is 30.2. The van der Waals surface area contributed by atoms with Gasteiger partial charge in [-0.3, -0.25) is 29.4 Å². The second-order valence-corrected chi connectivity index (χ2v) is 16.5. The standard InChI is InChI=1S/C43H53F2N9O4/c44-34-25-31(47-36-16-18-38(55)50-42(36)58)13-17-37(34)53-22-20-52(21-23-53)32-14-7-27(8-15-32)41(57)48-29-9-11-30(12-10-29)49-43-46-26-35(45)40(51-43)28-4-3-5-33(24-28)54-19-2-1-6-39(54)56/h3-5,13,17,24-27,29-30,32,36,47H,1-2,6-12,14-16,18-23H2,(H,48,57)(H,46,49,51)(H,50,55,58)/t27-,29?,30?,32-,36-/m1/s1. The molecule has 4 N–H and O–H groups in total. The van der Waals surface area contributed by atoms with Crippen LogP contribution in [0.2, 0.25) is 0 Å². The van der Waals surface area contributed by atoms with E-state index in [0.29, 0.717) is 61.4 Å². The third-order valence-corrected chi connectivity index (χ3v) is 12.7. The van der Waals surface area contributed by atoms with Crippen molar-refractivity contribution in [3.05, 3.63) is 60.3 Å². The highest BCUT2D eigenvalue weighted by Crippen LogP contribution is 2.32. The van der Waals surface area contributed by atoms with Gasteiger partial charge in [-0.25, -0.2) is 18.7 Å². The van der Waals surface area contributed by atoms with Gasteiger partial charge in [0.05, 0.1) is 11.9 Å². The Morgan fingerprint density at radius 3 is 2.29 bits per heavy atom. The molecule has 2 aromatic carbocycles. The van der Waals surface area contributed by atoms with E-state index in [9.17, 15) is 23.6 Å². The third kappa shape index (κ3) is 9.24. The Kier molecular flexibility index (Phi) is 12.1. The lowest BCUT2D eigenvalue weighted by molar-refractivity contribution is -0.133. The molecule has 3 aliphatic heterocycles. The van der Waals surface area contributed by atoms with Crippen LogP contribution in [0.4, 0.5) is 31.8 Å². The van der Waals surface area contributed by atoms with Crippen molar-refractivity contribution < 1.29 is 28.0 Å². The Labute approximate surface area is 337 Å². The molecule has 2 aliphatic carbocycles. The summed E-state index contributed by atoms with van der Waals surface area (Å²) in [5, 5.41) is 12.1. The zero-order valence-corrected chi connectivity index (χ0v) is 32.9. The van der Waals surface area contributed by atoms with Crippen molar-refractivity contribution in [2.24, 2.45) is 5.92 Å².